The van der Waals surface area contributed by atoms with E-state index in [2.05, 4.69) is 22.2 Å². The van der Waals surface area contributed by atoms with Crippen molar-refractivity contribution < 1.29 is 4.74 Å². The van der Waals surface area contributed by atoms with Crippen molar-refractivity contribution in [3.8, 4) is 5.75 Å². The Labute approximate surface area is 127 Å². The molecule has 0 saturated carbocycles. The van der Waals surface area contributed by atoms with E-state index in [0.29, 0.717) is 11.0 Å². The number of hydrogen-bond donors (Lipinski definition) is 1. The van der Waals surface area contributed by atoms with E-state index in [4.69, 9.17) is 16.3 Å². The standard InChI is InChI=1S/C14H16ClN3OS/c1-3-8-16-14-17-9-12(15)13(18-14)20-11-6-4-10(19-2)5-7-11/h4-7,9H,3,8H2,1-2H3,(H,16,17,18). The Morgan fingerprint density at radius 1 is 1.30 bits per heavy atom. The lowest BCUT2D eigenvalue weighted by atomic mass is 10.3. The molecule has 6 heteroatoms. The molecule has 0 amide bonds. The second-order valence-corrected chi connectivity index (χ2v) is 5.52. The van der Waals surface area contributed by atoms with Crippen molar-refractivity contribution >= 4 is 29.3 Å². The van der Waals surface area contributed by atoms with Crippen molar-refractivity contribution in [3.05, 3.63) is 35.5 Å². The van der Waals surface area contributed by atoms with Gasteiger partial charge in [-0.2, -0.15) is 0 Å². The Bertz CT molecular complexity index is 563. The second kappa shape index (κ2) is 7.36. The van der Waals surface area contributed by atoms with Crippen LogP contribution in [0.2, 0.25) is 5.02 Å². The van der Waals surface area contributed by atoms with Gasteiger partial charge in [0.1, 0.15) is 10.8 Å². The van der Waals surface area contributed by atoms with Crippen LogP contribution in [0.4, 0.5) is 5.95 Å². The maximum atomic E-state index is 6.14. The molecule has 2 rings (SSSR count). The van der Waals surface area contributed by atoms with E-state index in [9.17, 15) is 0 Å². The van der Waals surface area contributed by atoms with Gasteiger partial charge in [0.25, 0.3) is 0 Å². The summed E-state index contributed by atoms with van der Waals surface area (Å²) >= 11 is 7.64. The molecule has 0 aliphatic heterocycles. The molecule has 0 spiro atoms. The fraction of sp³-hybridized carbons (Fsp3) is 0.286. The first-order valence-corrected chi connectivity index (χ1v) is 7.50. The van der Waals surface area contributed by atoms with Crippen LogP contribution in [0, 0.1) is 0 Å². The number of benzene rings is 1. The third-order valence-electron chi connectivity index (χ3n) is 2.52. The van der Waals surface area contributed by atoms with Crippen molar-refractivity contribution in [2.75, 3.05) is 19.0 Å². The van der Waals surface area contributed by atoms with E-state index in [1.54, 1.807) is 13.3 Å². The summed E-state index contributed by atoms with van der Waals surface area (Å²) in [6, 6.07) is 7.77. The van der Waals surface area contributed by atoms with Gasteiger partial charge in [0, 0.05) is 11.4 Å². The van der Waals surface area contributed by atoms with Crippen LogP contribution in [0.3, 0.4) is 0 Å². The van der Waals surface area contributed by atoms with Crippen LogP contribution in [-0.2, 0) is 0 Å². The van der Waals surface area contributed by atoms with E-state index in [-0.39, 0.29) is 0 Å². The summed E-state index contributed by atoms with van der Waals surface area (Å²) in [4.78, 5) is 9.63. The third-order valence-corrected chi connectivity index (χ3v) is 3.92. The molecule has 0 saturated heterocycles. The zero-order valence-corrected chi connectivity index (χ0v) is 13.0. The molecule has 0 radical (unpaired) electrons. The van der Waals surface area contributed by atoms with E-state index in [0.717, 1.165) is 28.6 Å². The van der Waals surface area contributed by atoms with E-state index >= 15 is 0 Å². The highest BCUT2D eigenvalue weighted by molar-refractivity contribution is 7.99. The Morgan fingerprint density at radius 2 is 2.05 bits per heavy atom. The van der Waals surface area contributed by atoms with Gasteiger partial charge in [0.15, 0.2) is 0 Å². The molecule has 0 aliphatic carbocycles. The summed E-state index contributed by atoms with van der Waals surface area (Å²) in [5.74, 6) is 1.43. The predicted octanol–water partition coefficient (Wildman–Crippen LogP) is 4.11. The molecule has 20 heavy (non-hydrogen) atoms. The second-order valence-electron chi connectivity index (χ2n) is 4.05. The number of aromatic nitrogens is 2. The summed E-state index contributed by atoms with van der Waals surface area (Å²) < 4.78 is 5.14. The molecule has 0 aliphatic rings. The topological polar surface area (TPSA) is 47.0 Å². The van der Waals surface area contributed by atoms with Crippen molar-refractivity contribution in [1.29, 1.82) is 0 Å². The largest absolute Gasteiger partial charge is 0.497 e. The maximum Gasteiger partial charge on any atom is 0.223 e. The SMILES string of the molecule is CCCNc1ncc(Cl)c(Sc2ccc(OC)cc2)n1. The van der Waals surface area contributed by atoms with Crippen LogP contribution < -0.4 is 10.1 Å². The van der Waals surface area contributed by atoms with Crippen LogP contribution in [0.1, 0.15) is 13.3 Å². The predicted molar refractivity (Wildman–Crippen MR) is 82.9 cm³/mol. The lowest BCUT2D eigenvalue weighted by Gasteiger charge is -2.07. The summed E-state index contributed by atoms with van der Waals surface area (Å²) in [6.07, 6.45) is 2.64. The van der Waals surface area contributed by atoms with Crippen LogP contribution >= 0.6 is 23.4 Å². The molecule has 0 bridgehead atoms. The average Bonchev–Trinajstić information content (AvgIpc) is 2.49. The molecular formula is C14H16ClN3OS. The number of ether oxygens (including phenoxy) is 1. The van der Waals surface area contributed by atoms with Gasteiger partial charge >= 0.3 is 0 Å². The summed E-state index contributed by atoms with van der Waals surface area (Å²) in [7, 11) is 1.65. The molecule has 0 atom stereocenters. The minimum atomic E-state index is 0.549. The summed E-state index contributed by atoms with van der Waals surface area (Å²) in [5, 5.41) is 4.44. The fourth-order valence-electron chi connectivity index (χ4n) is 1.50. The number of hydrogen-bond acceptors (Lipinski definition) is 5. The lowest BCUT2D eigenvalue weighted by Crippen LogP contribution is -2.04. The highest BCUT2D eigenvalue weighted by Gasteiger charge is 2.07. The third kappa shape index (κ3) is 4.02. The lowest BCUT2D eigenvalue weighted by molar-refractivity contribution is 0.414. The van der Waals surface area contributed by atoms with Crippen molar-refractivity contribution in [2.24, 2.45) is 0 Å². The smallest absolute Gasteiger partial charge is 0.223 e. The Morgan fingerprint density at radius 3 is 2.70 bits per heavy atom. The average molecular weight is 310 g/mol. The Hall–Kier alpha value is -1.46. The Balaban J connectivity index is 2.14. The first-order chi connectivity index (χ1) is 9.72. The monoisotopic (exact) mass is 309 g/mol. The highest BCUT2D eigenvalue weighted by atomic mass is 35.5. The molecule has 1 aromatic carbocycles. The first kappa shape index (κ1) is 14.9. The normalized spacial score (nSPS) is 10.3. The minimum Gasteiger partial charge on any atom is -0.497 e. The number of nitrogens with zero attached hydrogens (tertiary/aromatic N) is 2. The number of methoxy groups -OCH3 is 1. The van der Waals surface area contributed by atoms with Gasteiger partial charge in [-0.1, -0.05) is 30.3 Å². The van der Waals surface area contributed by atoms with Gasteiger partial charge in [-0.3, -0.25) is 0 Å². The number of rotatable bonds is 6. The Kier molecular flexibility index (Phi) is 5.49. The quantitative estimate of drug-likeness (QED) is 0.814. The highest BCUT2D eigenvalue weighted by Crippen LogP contribution is 2.32. The molecular weight excluding hydrogens is 294 g/mol. The van der Waals surface area contributed by atoms with Gasteiger partial charge in [-0.05, 0) is 30.7 Å². The number of anilines is 1. The van der Waals surface area contributed by atoms with Gasteiger partial charge in [0.05, 0.1) is 18.3 Å². The van der Waals surface area contributed by atoms with E-state index < -0.39 is 0 Å². The maximum absolute atomic E-state index is 6.14. The molecule has 106 valence electrons. The zero-order valence-electron chi connectivity index (χ0n) is 11.4. The fourth-order valence-corrected chi connectivity index (χ4v) is 2.48. The zero-order chi connectivity index (χ0) is 14.4. The molecule has 1 N–H and O–H groups in total. The number of nitrogens with one attached hydrogen (secondary N) is 1. The summed E-state index contributed by atoms with van der Waals surface area (Å²) in [6.45, 7) is 2.93. The first-order valence-electron chi connectivity index (χ1n) is 6.31. The minimum absolute atomic E-state index is 0.549. The molecule has 0 fully saturated rings. The van der Waals surface area contributed by atoms with Gasteiger partial charge in [-0.15, -0.1) is 0 Å². The van der Waals surface area contributed by atoms with Crippen molar-refractivity contribution in [3.63, 3.8) is 0 Å². The van der Waals surface area contributed by atoms with Gasteiger partial charge in [0.2, 0.25) is 5.95 Å². The molecule has 4 nitrogen and oxygen atoms in total. The molecule has 0 unspecified atom stereocenters. The van der Waals surface area contributed by atoms with Crippen LogP contribution in [0.25, 0.3) is 0 Å². The molecule has 2 aromatic rings. The van der Waals surface area contributed by atoms with E-state index in [1.165, 1.54) is 11.8 Å². The van der Waals surface area contributed by atoms with Crippen LogP contribution in [0.15, 0.2) is 40.4 Å². The van der Waals surface area contributed by atoms with Crippen LogP contribution in [-0.4, -0.2) is 23.6 Å². The molecule has 1 heterocycles. The van der Waals surface area contributed by atoms with Gasteiger partial charge < -0.3 is 10.1 Å². The van der Waals surface area contributed by atoms with Crippen molar-refractivity contribution in [1.82, 2.24) is 9.97 Å². The molecule has 1 aromatic heterocycles. The summed E-state index contributed by atoms with van der Waals surface area (Å²) in [5.41, 5.74) is 0. The van der Waals surface area contributed by atoms with Gasteiger partial charge in [-0.25, -0.2) is 9.97 Å². The van der Waals surface area contributed by atoms with Crippen LogP contribution in [0.5, 0.6) is 5.75 Å². The number of halogens is 1. The van der Waals surface area contributed by atoms with Crippen molar-refractivity contribution in [2.45, 2.75) is 23.3 Å². The van der Waals surface area contributed by atoms with E-state index in [1.807, 2.05) is 24.3 Å².